The van der Waals surface area contributed by atoms with Crippen LogP contribution < -0.4 is 0 Å². The van der Waals surface area contributed by atoms with Crippen LogP contribution in [0.15, 0.2) is 36.4 Å². The molecule has 1 atom stereocenters. The number of amides is 2. The van der Waals surface area contributed by atoms with Crippen LogP contribution in [0.25, 0.3) is 11.0 Å². The Labute approximate surface area is 206 Å². The van der Waals surface area contributed by atoms with Gasteiger partial charge in [-0.1, -0.05) is 43.1 Å². The van der Waals surface area contributed by atoms with Gasteiger partial charge in [0.15, 0.2) is 0 Å². The molecular formula is C27H33ClN4O2. The van der Waals surface area contributed by atoms with E-state index in [0.29, 0.717) is 37.6 Å². The molecule has 1 aromatic heterocycles. The lowest BCUT2D eigenvalue weighted by molar-refractivity contribution is -0.140. The van der Waals surface area contributed by atoms with E-state index >= 15 is 0 Å². The number of hydrogen-bond donors (Lipinski definition) is 0. The van der Waals surface area contributed by atoms with Gasteiger partial charge in [0.05, 0.1) is 11.0 Å². The Balaban J connectivity index is 1.77. The quantitative estimate of drug-likeness (QED) is 0.502. The van der Waals surface area contributed by atoms with Crippen molar-refractivity contribution in [3.05, 3.63) is 63.9 Å². The van der Waals surface area contributed by atoms with Crippen molar-refractivity contribution < 1.29 is 9.59 Å². The molecular weight excluding hydrogens is 448 g/mol. The molecule has 1 aliphatic heterocycles. The molecule has 2 heterocycles. The first-order valence-corrected chi connectivity index (χ1v) is 12.4. The first-order chi connectivity index (χ1) is 16.3. The number of fused-ring (bicyclic) bond motifs is 1. The van der Waals surface area contributed by atoms with Crippen molar-refractivity contribution in [2.24, 2.45) is 0 Å². The van der Waals surface area contributed by atoms with Gasteiger partial charge >= 0.3 is 0 Å². The predicted molar refractivity (Wildman–Crippen MR) is 136 cm³/mol. The van der Waals surface area contributed by atoms with E-state index in [-0.39, 0.29) is 17.9 Å². The average Bonchev–Trinajstić information content (AvgIpc) is 3.15. The van der Waals surface area contributed by atoms with E-state index in [1.165, 1.54) is 11.1 Å². The fourth-order valence-electron chi connectivity index (χ4n) is 4.77. The van der Waals surface area contributed by atoms with E-state index in [1.54, 1.807) is 11.8 Å². The van der Waals surface area contributed by atoms with E-state index in [2.05, 4.69) is 37.5 Å². The Morgan fingerprint density at radius 2 is 1.68 bits per heavy atom. The summed E-state index contributed by atoms with van der Waals surface area (Å²) in [4.78, 5) is 34.3. The number of piperazine rings is 1. The van der Waals surface area contributed by atoms with Crippen LogP contribution >= 0.6 is 11.6 Å². The molecule has 0 unspecified atom stereocenters. The van der Waals surface area contributed by atoms with Crippen LogP contribution in [0.2, 0.25) is 5.02 Å². The molecule has 1 fully saturated rings. The number of hydrogen-bond acceptors (Lipinski definition) is 3. The summed E-state index contributed by atoms with van der Waals surface area (Å²) in [6, 6.07) is 11.7. The summed E-state index contributed by atoms with van der Waals surface area (Å²) in [5, 5.41) is 0.701. The molecule has 0 bridgehead atoms. The third kappa shape index (κ3) is 4.83. The molecule has 0 N–H and O–H groups in total. The molecule has 0 radical (unpaired) electrons. The van der Waals surface area contributed by atoms with E-state index < -0.39 is 0 Å². The van der Waals surface area contributed by atoms with Gasteiger partial charge in [0, 0.05) is 44.5 Å². The summed E-state index contributed by atoms with van der Waals surface area (Å²) in [6.07, 6.45) is 2.15. The van der Waals surface area contributed by atoms with Gasteiger partial charge in [-0.15, -0.1) is 0 Å². The monoisotopic (exact) mass is 480 g/mol. The number of halogens is 1. The molecule has 1 saturated heterocycles. The van der Waals surface area contributed by atoms with Crippen LogP contribution in [0.3, 0.4) is 0 Å². The number of benzene rings is 2. The Morgan fingerprint density at radius 3 is 2.32 bits per heavy atom. The summed E-state index contributed by atoms with van der Waals surface area (Å²) in [6.45, 7) is 10.1. The number of carbonyl (C=O) groups is 2. The molecule has 0 saturated carbocycles. The van der Waals surface area contributed by atoms with Crippen LogP contribution in [0, 0.1) is 13.8 Å². The summed E-state index contributed by atoms with van der Waals surface area (Å²) >= 11 is 6.50. The summed E-state index contributed by atoms with van der Waals surface area (Å²) in [5.74, 6) is 1.01. The number of aromatic nitrogens is 2. The van der Waals surface area contributed by atoms with Gasteiger partial charge in [0.25, 0.3) is 0 Å². The van der Waals surface area contributed by atoms with Gasteiger partial charge in [0.1, 0.15) is 11.9 Å². The fourth-order valence-corrected chi connectivity index (χ4v) is 4.98. The molecule has 1 aliphatic rings. The first-order valence-electron chi connectivity index (χ1n) is 12.1. The number of aryl methyl sites for hydroxylation is 2. The van der Waals surface area contributed by atoms with Gasteiger partial charge in [-0.25, -0.2) is 4.98 Å². The predicted octanol–water partition coefficient (Wildman–Crippen LogP) is 4.93. The van der Waals surface area contributed by atoms with E-state index in [4.69, 9.17) is 16.6 Å². The first kappa shape index (κ1) is 24.3. The van der Waals surface area contributed by atoms with Gasteiger partial charge < -0.3 is 14.4 Å². The van der Waals surface area contributed by atoms with Gasteiger partial charge in [-0.2, -0.15) is 0 Å². The number of imidazole rings is 1. The molecule has 2 amide bonds. The highest BCUT2D eigenvalue weighted by molar-refractivity contribution is 6.31. The Bertz CT molecular complexity index is 1210. The van der Waals surface area contributed by atoms with E-state index in [1.807, 2.05) is 29.2 Å². The smallest absolute Gasteiger partial charge is 0.245 e. The molecule has 4 rings (SSSR count). The second kappa shape index (κ2) is 10.2. The molecule has 7 heteroatoms. The van der Waals surface area contributed by atoms with E-state index in [9.17, 15) is 9.59 Å². The highest BCUT2D eigenvalue weighted by Gasteiger charge is 2.31. The molecule has 34 heavy (non-hydrogen) atoms. The number of carbonyl (C=O) groups excluding carboxylic acids is 2. The summed E-state index contributed by atoms with van der Waals surface area (Å²) in [5.41, 5.74) is 5.24. The largest absolute Gasteiger partial charge is 0.339 e. The van der Waals surface area contributed by atoms with Crippen molar-refractivity contribution in [2.45, 2.75) is 53.0 Å². The zero-order valence-corrected chi connectivity index (χ0v) is 21.2. The maximum absolute atomic E-state index is 13.9. The Morgan fingerprint density at radius 1 is 1.03 bits per heavy atom. The zero-order chi connectivity index (χ0) is 24.4. The van der Waals surface area contributed by atoms with Gasteiger partial charge in [0.2, 0.25) is 11.8 Å². The van der Waals surface area contributed by atoms with Gasteiger partial charge in [-0.3, -0.25) is 9.59 Å². The normalized spacial score (nSPS) is 15.1. The second-order valence-corrected chi connectivity index (χ2v) is 9.63. The third-order valence-electron chi connectivity index (χ3n) is 6.88. The molecule has 2 aromatic carbocycles. The highest BCUT2D eigenvalue weighted by Crippen LogP contribution is 2.30. The lowest BCUT2D eigenvalue weighted by Gasteiger charge is -2.36. The minimum absolute atomic E-state index is 0.0608. The second-order valence-electron chi connectivity index (χ2n) is 9.23. The lowest BCUT2D eigenvalue weighted by Crippen LogP contribution is -2.51. The Kier molecular flexibility index (Phi) is 7.27. The maximum atomic E-state index is 13.9. The zero-order valence-electron chi connectivity index (χ0n) is 20.5. The molecule has 180 valence electrons. The number of rotatable bonds is 6. The topological polar surface area (TPSA) is 58.4 Å². The highest BCUT2D eigenvalue weighted by atomic mass is 35.5. The SMILES string of the molecule is CCC[C@H](C(=O)N1CCN(C(C)=O)CC1)n1c(Cc2ccccc2Cl)nc2cc(C)c(C)cc21. The van der Waals surface area contributed by atoms with Crippen LogP contribution in [0.1, 0.15) is 55.2 Å². The van der Waals surface area contributed by atoms with Crippen LogP contribution in [0.5, 0.6) is 0 Å². The minimum Gasteiger partial charge on any atom is -0.339 e. The molecule has 0 aliphatic carbocycles. The van der Waals surface area contributed by atoms with Crippen LogP contribution in [0.4, 0.5) is 0 Å². The minimum atomic E-state index is -0.349. The van der Waals surface area contributed by atoms with Crippen molar-refractivity contribution in [1.29, 1.82) is 0 Å². The molecule has 3 aromatic rings. The average molecular weight is 481 g/mol. The van der Waals surface area contributed by atoms with Crippen molar-refractivity contribution in [3.8, 4) is 0 Å². The summed E-state index contributed by atoms with van der Waals surface area (Å²) in [7, 11) is 0. The van der Waals surface area contributed by atoms with E-state index in [0.717, 1.165) is 35.3 Å². The standard InChI is InChI=1S/C27H33ClN4O2/c1-5-8-24(27(34)31-13-11-30(12-14-31)20(4)33)32-25-16-19(3)18(2)15-23(25)29-26(32)17-21-9-6-7-10-22(21)28/h6-7,9-10,15-16,24H,5,8,11-14,17H2,1-4H3/t24-/m1/s1. The van der Waals surface area contributed by atoms with Crippen molar-refractivity contribution >= 4 is 34.4 Å². The molecule has 6 nitrogen and oxygen atoms in total. The number of nitrogens with zero attached hydrogens (tertiary/aromatic N) is 4. The summed E-state index contributed by atoms with van der Waals surface area (Å²) < 4.78 is 2.15. The van der Waals surface area contributed by atoms with Crippen LogP contribution in [-0.4, -0.2) is 57.3 Å². The maximum Gasteiger partial charge on any atom is 0.245 e. The fraction of sp³-hybridized carbons (Fsp3) is 0.444. The molecule has 0 spiro atoms. The van der Waals surface area contributed by atoms with Crippen molar-refractivity contribution in [2.75, 3.05) is 26.2 Å². The van der Waals surface area contributed by atoms with Crippen molar-refractivity contribution in [1.82, 2.24) is 19.4 Å². The Hall–Kier alpha value is -2.86. The lowest BCUT2D eigenvalue weighted by atomic mass is 10.1. The van der Waals surface area contributed by atoms with Crippen molar-refractivity contribution in [3.63, 3.8) is 0 Å². The van der Waals surface area contributed by atoms with Crippen LogP contribution in [-0.2, 0) is 16.0 Å². The van der Waals surface area contributed by atoms with Gasteiger partial charge in [-0.05, 0) is 55.2 Å². The third-order valence-corrected chi connectivity index (χ3v) is 7.25.